The smallest absolute Gasteiger partial charge is 0.222 e. The number of furan rings is 1. The Balaban J connectivity index is 1.37. The number of likely N-dealkylation sites (tertiary alicyclic amines) is 2. The summed E-state index contributed by atoms with van der Waals surface area (Å²) in [6, 6.07) is 4.11. The fourth-order valence-corrected chi connectivity index (χ4v) is 4.34. The largest absolute Gasteiger partial charge is 0.465 e. The minimum absolute atomic E-state index is 0.211. The first kappa shape index (κ1) is 15.2. The number of ether oxygens (including phenoxy) is 1. The van der Waals surface area contributed by atoms with Gasteiger partial charge >= 0.3 is 0 Å². The van der Waals surface area contributed by atoms with Crippen molar-refractivity contribution in [2.24, 2.45) is 11.8 Å². The Morgan fingerprint density at radius 2 is 2.22 bits per heavy atom. The van der Waals surface area contributed by atoms with E-state index in [2.05, 4.69) is 11.0 Å². The zero-order valence-corrected chi connectivity index (χ0v) is 13.9. The molecule has 23 heavy (non-hydrogen) atoms. The van der Waals surface area contributed by atoms with Gasteiger partial charge in [-0.15, -0.1) is 0 Å². The second-order valence-corrected chi connectivity index (χ2v) is 7.28. The lowest BCUT2D eigenvalue weighted by atomic mass is 9.84. The zero-order valence-electron chi connectivity index (χ0n) is 13.9. The molecule has 0 N–H and O–H groups in total. The Labute approximate surface area is 137 Å². The third-order valence-electron chi connectivity index (χ3n) is 5.64. The maximum absolute atomic E-state index is 11.9. The summed E-state index contributed by atoms with van der Waals surface area (Å²) in [6.07, 6.45) is 3.12. The van der Waals surface area contributed by atoms with E-state index in [1.54, 1.807) is 0 Å². The van der Waals surface area contributed by atoms with E-state index in [1.165, 1.54) is 6.42 Å². The molecular formula is C18H26N2O3. The number of rotatable bonds is 4. The molecule has 0 spiro atoms. The molecule has 0 unspecified atom stereocenters. The minimum atomic E-state index is 0.211. The first-order valence-corrected chi connectivity index (χ1v) is 8.86. The van der Waals surface area contributed by atoms with Crippen LogP contribution in [0.2, 0.25) is 0 Å². The Morgan fingerprint density at radius 1 is 1.30 bits per heavy atom. The second kappa shape index (κ2) is 6.29. The summed E-state index contributed by atoms with van der Waals surface area (Å²) in [4.78, 5) is 16.4. The van der Waals surface area contributed by atoms with Gasteiger partial charge in [0.05, 0.1) is 19.3 Å². The number of amides is 1. The molecule has 5 nitrogen and oxygen atoms in total. The van der Waals surface area contributed by atoms with E-state index < -0.39 is 0 Å². The topological polar surface area (TPSA) is 45.9 Å². The number of aryl methyl sites for hydroxylation is 1. The van der Waals surface area contributed by atoms with Crippen LogP contribution < -0.4 is 0 Å². The molecule has 4 heterocycles. The van der Waals surface area contributed by atoms with Crippen LogP contribution in [0.3, 0.4) is 0 Å². The van der Waals surface area contributed by atoms with Gasteiger partial charge in [-0.2, -0.15) is 0 Å². The molecule has 0 aromatic carbocycles. The summed E-state index contributed by atoms with van der Waals surface area (Å²) in [6.45, 7) is 7.59. The number of nitrogens with zero attached hydrogens (tertiary/aromatic N) is 2. The molecule has 3 aliphatic rings. The van der Waals surface area contributed by atoms with Gasteiger partial charge in [0.25, 0.3) is 0 Å². The van der Waals surface area contributed by atoms with Gasteiger partial charge in [0.1, 0.15) is 11.5 Å². The lowest BCUT2D eigenvalue weighted by molar-refractivity contribution is -0.129. The van der Waals surface area contributed by atoms with Gasteiger partial charge in [0.15, 0.2) is 0 Å². The predicted octanol–water partition coefficient (Wildman–Crippen LogP) is 2.05. The van der Waals surface area contributed by atoms with Crippen molar-refractivity contribution in [1.29, 1.82) is 0 Å². The third-order valence-corrected chi connectivity index (χ3v) is 5.64. The van der Waals surface area contributed by atoms with E-state index >= 15 is 0 Å². The second-order valence-electron chi connectivity index (χ2n) is 7.28. The Morgan fingerprint density at radius 3 is 2.96 bits per heavy atom. The molecule has 3 saturated heterocycles. The highest BCUT2D eigenvalue weighted by molar-refractivity contribution is 5.78. The Hall–Kier alpha value is -1.33. The number of carbonyl (C=O) groups is 1. The molecule has 3 atom stereocenters. The summed E-state index contributed by atoms with van der Waals surface area (Å²) < 4.78 is 11.8. The molecule has 1 aromatic rings. The van der Waals surface area contributed by atoms with Crippen LogP contribution in [0, 0.1) is 18.8 Å². The molecular weight excluding hydrogens is 292 g/mol. The SMILES string of the molecule is Cc1ccc(CN2CC[C@@H]3CO[C@@H](CN4CCCC4=O)[C@@H]3C2)o1. The van der Waals surface area contributed by atoms with Crippen molar-refractivity contribution in [3.8, 4) is 0 Å². The Kier molecular flexibility index (Phi) is 4.16. The van der Waals surface area contributed by atoms with Crippen LogP contribution in [0.15, 0.2) is 16.5 Å². The van der Waals surface area contributed by atoms with Gasteiger partial charge in [-0.05, 0) is 44.4 Å². The predicted molar refractivity (Wildman–Crippen MR) is 85.9 cm³/mol. The van der Waals surface area contributed by atoms with E-state index in [-0.39, 0.29) is 6.10 Å². The zero-order chi connectivity index (χ0) is 15.8. The lowest BCUT2D eigenvalue weighted by Crippen LogP contribution is -2.45. The normalized spacial score (nSPS) is 31.8. The van der Waals surface area contributed by atoms with Crippen LogP contribution in [0.1, 0.15) is 30.8 Å². The first-order valence-electron chi connectivity index (χ1n) is 8.86. The molecule has 4 rings (SSSR count). The molecule has 0 saturated carbocycles. The molecule has 0 radical (unpaired) electrons. The van der Waals surface area contributed by atoms with Crippen molar-refractivity contribution in [2.75, 3.05) is 32.8 Å². The van der Waals surface area contributed by atoms with Gasteiger partial charge < -0.3 is 14.1 Å². The van der Waals surface area contributed by atoms with E-state index in [9.17, 15) is 4.79 Å². The van der Waals surface area contributed by atoms with Gasteiger partial charge in [-0.25, -0.2) is 0 Å². The van der Waals surface area contributed by atoms with E-state index in [0.29, 0.717) is 24.2 Å². The highest BCUT2D eigenvalue weighted by Gasteiger charge is 2.42. The molecule has 1 amide bonds. The standard InChI is InChI=1S/C18H26N2O3/c1-13-4-5-15(23-13)9-19-8-6-14-12-22-17(16(14)10-19)11-20-7-2-3-18(20)21/h4-5,14,16-17H,2-3,6-12H2,1H3/t14-,16-,17+/m1/s1. The van der Waals surface area contributed by atoms with Crippen molar-refractivity contribution >= 4 is 5.91 Å². The molecule has 5 heteroatoms. The van der Waals surface area contributed by atoms with E-state index in [0.717, 1.165) is 57.3 Å². The number of carbonyl (C=O) groups excluding carboxylic acids is 1. The maximum atomic E-state index is 11.9. The van der Waals surface area contributed by atoms with E-state index in [1.807, 2.05) is 17.9 Å². The van der Waals surface area contributed by atoms with Gasteiger partial charge in [-0.1, -0.05) is 0 Å². The quantitative estimate of drug-likeness (QED) is 0.852. The van der Waals surface area contributed by atoms with Crippen LogP contribution in [0.5, 0.6) is 0 Å². The fourth-order valence-electron chi connectivity index (χ4n) is 4.34. The average Bonchev–Trinajstić information content (AvgIpc) is 3.23. The van der Waals surface area contributed by atoms with Crippen molar-refractivity contribution in [3.63, 3.8) is 0 Å². The highest BCUT2D eigenvalue weighted by Crippen LogP contribution is 2.35. The molecule has 0 bridgehead atoms. The molecule has 1 aromatic heterocycles. The first-order chi connectivity index (χ1) is 11.2. The van der Waals surface area contributed by atoms with Crippen molar-refractivity contribution in [1.82, 2.24) is 9.80 Å². The van der Waals surface area contributed by atoms with Gasteiger partial charge in [0.2, 0.25) is 5.91 Å². The van der Waals surface area contributed by atoms with Crippen LogP contribution in [0.4, 0.5) is 0 Å². The highest BCUT2D eigenvalue weighted by atomic mass is 16.5. The summed E-state index contributed by atoms with van der Waals surface area (Å²) in [5, 5.41) is 0. The van der Waals surface area contributed by atoms with Crippen LogP contribution in [-0.4, -0.2) is 54.6 Å². The minimum Gasteiger partial charge on any atom is -0.465 e. The van der Waals surface area contributed by atoms with Crippen molar-refractivity contribution in [3.05, 3.63) is 23.7 Å². The molecule has 126 valence electrons. The van der Waals surface area contributed by atoms with Crippen LogP contribution >= 0.6 is 0 Å². The van der Waals surface area contributed by atoms with Gasteiger partial charge in [0, 0.05) is 32.0 Å². The molecule has 3 aliphatic heterocycles. The van der Waals surface area contributed by atoms with Crippen molar-refractivity contribution < 1.29 is 13.9 Å². The summed E-state index contributed by atoms with van der Waals surface area (Å²) in [7, 11) is 0. The summed E-state index contributed by atoms with van der Waals surface area (Å²) in [5.74, 6) is 3.53. The maximum Gasteiger partial charge on any atom is 0.222 e. The molecule has 0 aliphatic carbocycles. The van der Waals surface area contributed by atoms with Crippen LogP contribution in [0.25, 0.3) is 0 Å². The number of hydrogen-bond donors (Lipinski definition) is 0. The van der Waals surface area contributed by atoms with E-state index in [4.69, 9.17) is 9.15 Å². The number of piperidine rings is 1. The van der Waals surface area contributed by atoms with Crippen molar-refractivity contribution in [2.45, 2.75) is 38.8 Å². The summed E-state index contributed by atoms with van der Waals surface area (Å²) >= 11 is 0. The third kappa shape index (κ3) is 3.17. The Bertz CT molecular complexity index is 570. The molecule has 3 fully saturated rings. The van der Waals surface area contributed by atoms with Gasteiger partial charge in [-0.3, -0.25) is 9.69 Å². The fraction of sp³-hybridized carbons (Fsp3) is 0.722. The monoisotopic (exact) mass is 318 g/mol. The summed E-state index contributed by atoms with van der Waals surface area (Å²) in [5.41, 5.74) is 0. The number of fused-ring (bicyclic) bond motifs is 1. The number of hydrogen-bond acceptors (Lipinski definition) is 4. The average molecular weight is 318 g/mol. The lowest BCUT2D eigenvalue weighted by Gasteiger charge is -2.36. The van der Waals surface area contributed by atoms with Crippen LogP contribution in [-0.2, 0) is 16.1 Å².